The zero-order valence-electron chi connectivity index (χ0n) is 17.0. The first-order valence-electron chi connectivity index (χ1n) is 10.1. The predicted octanol–water partition coefficient (Wildman–Crippen LogP) is 3.03. The van der Waals surface area contributed by atoms with Gasteiger partial charge in [-0.3, -0.25) is 10.2 Å². The van der Waals surface area contributed by atoms with E-state index >= 15 is 0 Å². The van der Waals surface area contributed by atoms with Gasteiger partial charge in [-0.15, -0.1) is 0 Å². The number of nitrogens with two attached hydrogens (primary N) is 1. The third-order valence-electron chi connectivity index (χ3n) is 5.28. The second kappa shape index (κ2) is 8.84. The van der Waals surface area contributed by atoms with Gasteiger partial charge in [-0.1, -0.05) is 55.1 Å². The van der Waals surface area contributed by atoms with Crippen molar-refractivity contribution in [2.24, 2.45) is 0 Å². The van der Waals surface area contributed by atoms with E-state index in [9.17, 15) is 4.79 Å². The van der Waals surface area contributed by atoms with Gasteiger partial charge in [0.2, 0.25) is 0 Å². The molecule has 1 aliphatic rings. The summed E-state index contributed by atoms with van der Waals surface area (Å²) in [6.45, 7) is 4.77. The molecule has 1 aliphatic heterocycles. The molecule has 0 bridgehead atoms. The van der Waals surface area contributed by atoms with Gasteiger partial charge in [-0.25, -0.2) is 5.01 Å². The molecule has 5 nitrogen and oxygen atoms in total. The fourth-order valence-corrected chi connectivity index (χ4v) is 3.67. The highest BCUT2D eigenvalue weighted by Gasteiger charge is 2.31. The number of nitrogens with zero attached hydrogens (tertiary/aromatic N) is 1. The molecule has 1 amide bonds. The number of fused-ring (bicyclic) bond motifs is 1. The van der Waals surface area contributed by atoms with Crippen LogP contribution >= 0.6 is 0 Å². The second-order valence-corrected chi connectivity index (χ2v) is 7.25. The topological polar surface area (TPSA) is 58.2 Å². The average Bonchev–Trinajstić information content (AvgIpc) is 3.24. The number of hydrogen-bond donors (Lipinski definition) is 2. The Morgan fingerprint density at radius 2 is 1.90 bits per heavy atom. The van der Waals surface area contributed by atoms with E-state index in [-0.39, 0.29) is 11.9 Å². The molecule has 0 saturated heterocycles. The van der Waals surface area contributed by atoms with Gasteiger partial charge < -0.3 is 10.1 Å². The van der Waals surface area contributed by atoms with Gasteiger partial charge in [0, 0.05) is 0 Å². The Labute approximate surface area is 176 Å². The molecule has 3 N–H and O–H groups in total. The summed E-state index contributed by atoms with van der Waals surface area (Å²) in [4.78, 5) is 13.0. The van der Waals surface area contributed by atoms with Gasteiger partial charge in [-0.2, -0.15) is 0 Å². The molecule has 1 heterocycles. The lowest BCUT2D eigenvalue weighted by molar-refractivity contribution is -0.635. The maximum atomic E-state index is 13.0. The van der Waals surface area contributed by atoms with Crippen LogP contribution in [0.1, 0.15) is 17.2 Å². The highest BCUT2D eigenvalue weighted by molar-refractivity contribution is 5.87. The Bertz CT molecular complexity index is 1090. The Morgan fingerprint density at radius 3 is 2.63 bits per heavy atom. The SMILES string of the molecule is C=CC[NH2+]CC(=O)N1NC(c2ccc3ccccc3c2)=C[C@@H]1c1ccc(OC)cc1. The van der Waals surface area contributed by atoms with E-state index in [1.807, 2.05) is 41.7 Å². The van der Waals surface area contributed by atoms with E-state index in [0.29, 0.717) is 13.1 Å². The molecule has 1 atom stereocenters. The van der Waals surface area contributed by atoms with Crippen LogP contribution in [0.15, 0.2) is 85.5 Å². The van der Waals surface area contributed by atoms with Crippen LogP contribution in [0.5, 0.6) is 5.75 Å². The molecule has 3 aromatic rings. The van der Waals surface area contributed by atoms with Crippen LogP contribution in [-0.2, 0) is 4.79 Å². The maximum Gasteiger partial charge on any atom is 0.296 e. The Morgan fingerprint density at radius 1 is 1.13 bits per heavy atom. The molecular weight excluding hydrogens is 374 g/mol. The molecule has 0 saturated carbocycles. The number of hydrogen-bond acceptors (Lipinski definition) is 3. The fraction of sp³-hybridized carbons (Fsp3) is 0.160. The summed E-state index contributed by atoms with van der Waals surface area (Å²) in [6.07, 6.45) is 3.90. The quantitative estimate of drug-likeness (QED) is 0.473. The first-order chi connectivity index (χ1) is 14.7. The summed E-state index contributed by atoms with van der Waals surface area (Å²) in [5, 5.41) is 6.02. The third-order valence-corrected chi connectivity index (χ3v) is 5.28. The Balaban J connectivity index is 1.66. The van der Waals surface area contributed by atoms with Crippen molar-refractivity contribution in [1.82, 2.24) is 10.4 Å². The zero-order chi connectivity index (χ0) is 20.9. The molecule has 0 aromatic heterocycles. The average molecular weight is 401 g/mol. The lowest BCUT2D eigenvalue weighted by Gasteiger charge is -2.25. The number of carbonyl (C=O) groups is 1. The van der Waals surface area contributed by atoms with E-state index in [1.54, 1.807) is 18.2 Å². The minimum atomic E-state index is -0.193. The van der Waals surface area contributed by atoms with Gasteiger partial charge in [0.1, 0.15) is 5.75 Å². The molecule has 0 fully saturated rings. The smallest absolute Gasteiger partial charge is 0.296 e. The van der Waals surface area contributed by atoms with E-state index in [2.05, 4.69) is 48.4 Å². The van der Waals surface area contributed by atoms with Crippen molar-refractivity contribution >= 4 is 22.4 Å². The first kappa shape index (κ1) is 19.7. The van der Waals surface area contributed by atoms with Crippen LogP contribution in [0, 0.1) is 0 Å². The van der Waals surface area contributed by atoms with Crippen LogP contribution in [0.4, 0.5) is 0 Å². The fourth-order valence-electron chi connectivity index (χ4n) is 3.67. The maximum absolute atomic E-state index is 13.0. The Hall–Kier alpha value is -3.57. The van der Waals surface area contributed by atoms with Crippen molar-refractivity contribution < 1.29 is 14.8 Å². The molecule has 0 aliphatic carbocycles. The highest BCUT2D eigenvalue weighted by Crippen LogP contribution is 2.33. The lowest BCUT2D eigenvalue weighted by Crippen LogP contribution is -2.86. The lowest BCUT2D eigenvalue weighted by atomic mass is 10.0. The number of nitrogens with one attached hydrogen (secondary N) is 1. The number of benzene rings is 3. The molecule has 0 spiro atoms. The second-order valence-electron chi connectivity index (χ2n) is 7.25. The van der Waals surface area contributed by atoms with Gasteiger partial charge in [0.05, 0.1) is 25.4 Å². The van der Waals surface area contributed by atoms with Crippen LogP contribution < -0.4 is 15.5 Å². The minimum Gasteiger partial charge on any atom is -0.497 e. The van der Waals surface area contributed by atoms with E-state index in [0.717, 1.165) is 22.6 Å². The molecule has 3 aromatic carbocycles. The molecule has 0 radical (unpaired) electrons. The van der Waals surface area contributed by atoms with E-state index in [1.165, 1.54) is 10.8 Å². The molecule has 0 unspecified atom stereocenters. The number of methoxy groups -OCH3 is 1. The monoisotopic (exact) mass is 400 g/mol. The van der Waals surface area contributed by atoms with Gasteiger partial charge in [-0.05, 0) is 52.3 Å². The van der Waals surface area contributed by atoms with E-state index in [4.69, 9.17) is 4.74 Å². The van der Waals surface area contributed by atoms with E-state index < -0.39 is 0 Å². The summed E-state index contributed by atoms with van der Waals surface area (Å²) in [7, 11) is 1.65. The number of quaternary nitrogens is 1. The van der Waals surface area contributed by atoms with Crippen molar-refractivity contribution in [1.29, 1.82) is 0 Å². The van der Waals surface area contributed by atoms with Crippen molar-refractivity contribution in [3.8, 4) is 5.75 Å². The number of rotatable bonds is 7. The normalized spacial score (nSPS) is 15.6. The summed E-state index contributed by atoms with van der Waals surface area (Å²) in [5.74, 6) is 0.810. The summed E-state index contributed by atoms with van der Waals surface area (Å²) >= 11 is 0. The minimum absolute atomic E-state index is 0.0182. The van der Waals surface area contributed by atoms with Crippen molar-refractivity contribution in [3.05, 3.63) is 96.6 Å². The number of carbonyl (C=O) groups excluding carboxylic acids is 1. The largest absolute Gasteiger partial charge is 0.497 e. The number of ether oxygens (including phenoxy) is 1. The molecular formula is C25H26N3O2+. The summed E-state index contributed by atoms with van der Waals surface area (Å²) in [6, 6.07) is 22.3. The van der Waals surface area contributed by atoms with Gasteiger partial charge in [0.25, 0.3) is 5.91 Å². The van der Waals surface area contributed by atoms with Crippen molar-refractivity contribution in [2.45, 2.75) is 6.04 Å². The summed E-state index contributed by atoms with van der Waals surface area (Å²) < 4.78 is 5.28. The molecule has 4 rings (SSSR count). The predicted molar refractivity (Wildman–Crippen MR) is 119 cm³/mol. The van der Waals surface area contributed by atoms with Crippen molar-refractivity contribution in [2.75, 3.05) is 20.2 Å². The van der Waals surface area contributed by atoms with Crippen LogP contribution in [0.3, 0.4) is 0 Å². The third kappa shape index (κ3) is 4.07. The van der Waals surface area contributed by atoms with Crippen LogP contribution in [0.2, 0.25) is 0 Å². The zero-order valence-corrected chi connectivity index (χ0v) is 17.0. The van der Waals surface area contributed by atoms with Gasteiger partial charge >= 0.3 is 0 Å². The van der Waals surface area contributed by atoms with Gasteiger partial charge in [0.15, 0.2) is 6.54 Å². The molecule has 152 valence electrons. The van der Waals surface area contributed by atoms with Crippen LogP contribution in [-0.4, -0.2) is 31.1 Å². The first-order valence-corrected chi connectivity index (χ1v) is 10.1. The number of amides is 1. The molecule has 30 heavy (non-hydrogen) atoms. The van der Waals surface area contributed by atoms with Crippen LogP contribution in [0.25, 0.3) is 16.5 Å². The summed E-state index contributed by atoms with van der Waals surface area (Å²) in [5.41, 5.74) is 6.35. The van der Waals surface area contributed by atoms with Crippen molar-refractivity contribution in [3.63, 3.8) is 0 Å². The Kier molecular flexibility index (Phi) is 5.82. The number of hydrazine groups is 1. The standard InChI is InChI=1S/C25H25N3O2/c1-3-14-26-17-25(29)28-24(19-10-12-22(30-2)13-11-19)16-23(27-28)21-9-8-18-6-4-5-7-20(18)15-21/h3-13,15-16,24,26-27H,1,14,17H2,2H3/p+1/t24-/m1/s1. The highest BCUT2D eigenvalue weighted by atomic mass is 16.5. The molecule has 5 heteroatoms.